The number of rotatable bonds is 4. The zero-order valence-electron chi connectivity index (χ0n) is 10.4. The average molecular weight is 245 g/mol. The number of carbonyl (C=O) groups excluding carboxylic acids is 1. The molecule has 0 amide bonds. The van der Waals surface area contributed by atoms with Crippen molar-refractivity contribution in [3.8, 4) is 0 Å². The van der Waals surface area contributed by atoms with Crippen molar-refractivity contribution >= 4 is 17.0 Å². The summed E-state index contributed by atoms with van der Waals surface area (Å²) in [5.41, 5.74) is 2.51. The summed E-state index contributed by atoms with van der Waals surface area (Å²) in [5.74, 6) is -0.288. The first-order valence-corrected chi connectivity index (χ1v) is 5.72. The molecule has 1 aromatic carbocycles. The van der Waals surface area contributed by atoms with E-state index >= 15 is 0 Å². The average Bonchev–Trinajstić information content (AvgIpc) is 2.43. The number of benzene rings is 1. The summed E-state index contributed by atoms with van der Waals surface area (Å²) >= 11 is 0. The second-order valence-electron chi connectivity index (χ2n) is 3.98. The molecule has 1 atom stereocenters. The maximum atomic E-state index is 11.2. The van der Waals surface area contributed by atoms with Gasteiger partial charge in [-0.25, -0.2) is 4.98 Å². The maximum Gasteiger partial charge on any atom is 0.322 e. The van der Waals surface area contributed by atoms with Crippen molar-refractivity contribution in [1.82, 2.24) is 15.3 Å². The van der Waals surface area contributed by atoms with Crippen LogP contribution >= 0.6 is 0 Å². The molecule has 0 saturated carbocycles. The molecule has 1 heterocycles. The number of nitrogens with zero attached hydrogens (tertiary/aromatic N) is 2. The molecule has 18 heavy (non-hydrogen) atoms. The van der Waals surface area contributed by atoms with Crippen LogP contribution in [0.5, 0.6) is 0 Å². The van der Waals surface area contributed by atoms with Gasteiger partial charge in [0.25, 0.3) is 0 Å². The van der Waals surface area contributed by atoms with Crippen molar-refractivity contribution in [3.63, 3.8) is 0 Å². The molecule has 5 nitrogen and oxygen atoms in total. The van der Waals surface area contributed by atoms with Crippen LogP contribution in [0.3, 0.4) is 0 Å². The van der Waals surface area contributed by atoms with Gasteiger partial charge in [-0.1, -0.05) is 12.1 Å². The van der Waals surface area contributed by atoms with Crippen molar-refractivity contribution in [2.75, 3.05) is 7.11 Å². The van der Waals surface area contributed by atoms with E-state index in [-0.39, 0.29) is 12.0 Å². The smallest absolute Gasteiger partial charge is 0.322 e. The molecule has 0 aliphatic heterocycles. The SMILES string of the molecule is COC(=O)C(C)NCc1cnc2ccccc2n1. The second kappa shape index (κ2) is 5.55. The summed E-state index contributed by atoms with van der Waals surface area (Å²) in [7, 11) is 1.37. The van der Waals surface area contributed by atoms with Gasteiger partial charge >= 0.3 is 5.97 Å². The Balaban J connectivity index is 2.06. The third kappa shape index (κ3) is 2.81. The molecular formula is C13H15N3O2. The van der Waals surface area contributed by atoms with Crippen molar-refractivity contribution in [2.24, 2.45) is 0 Å². The molecule has 0 fully saturated rings. The maximum absolute atomic E-state index is 11.2. The van der Waals surface area contributed by atoms with Crippen LogP contribution in [-0.4, -0.2) is 29.1 Å². The van der Waals surface area contributed by atoms with Gasteiger partial charge in [0.05, 0.1) is 30.0 Å². The summed E-state index contributed by atoms with van der Waals surface area (Å²) in [6.45, 7) is 2.23. The summed E-state index contributed by atoms with van der Waals surface area (Å²) in [6, 6.07) is 7.31. The van der Waals surface area contributed by atoms with E-state index in [1.54, 1.807) is 13.1 Å². The largest absolute Gasteiger partial charge is 0.468 e. The fourth-order valence-corrected chi connectivity index (χ4v) is 1.60. The Labute approximate surface area is 105 Å². The number of para-hydroxylation sites is 2. The van der Waals surface area contributed by atoms with Crippen molar-refractivity contribution in [2.45, 2.75) is 19.5 Å². The van der Waals surface area contributed by atoms with Crippen LogP contribution < -0.4 is 5.32 Å². The normalized spacial score (nSPS) is 12.3. The van der Waals surface area contributed by atoms with Gasteiger partial charge in [0, 0.05) is 6.54 Å². The van der Waals surface area contributed by atoms with E-state index in [1.165, 1.54) is 7.11 Å². The summed E-state index contributed by atoms with van der Waals surface area (Å²) in [4.78, 5) is 20.0. The van der Waals surface area contributed by atoms with Gasteiger partial charge in [0.15, 0.2) is 0 Å². The fourth-order valence-electron chi connectivity index (χ4n) is 1.60. The minimum Gasteiger partial charge on any atom is -0.468 e. The van der Waals surface area contributed by atoms with Crippen molar-refractivity contribution < 1.29 is 9.53 Å². The molecule has 0 radical (unpaired) electrons. The van der Waals surface area contributed by atoms with Gasteiger partial charge in [-0.05, 0) is 19.1 Å². The van der Waals surface area contributed by atoms with Gasteiger partial charge in [-0.2, -0.15) is 0 Å². The van der Waals surface area contributed by atoms with E-state index in [4.69, 9.17) is 0 Å². The highest BCUT2D eigenvalue weighted by Crippen LogP contribution is 2.08. The molecule has 0 aliphatic carbocycles. The van der Waals surface area contributed by atoms with Crippen LogP contribution in [0, 0.1) is 0 Å². The molecule has 0 aliphatic rings. The Bertz CT molecular complexity index is 557. The number of fused-ring (bicyclic) bond motifs is 1. The number of esters is 1. The van der Waals surface area contributed by atoms with Crippen LogP contribution in [0.15, 0.2) is 30.5 Å². The summed E-state index contributed by atoms with van der Waals surface area (Å²) in [6.07, 6.45) is 1.71. The Morgan fingerprint density at radius 1 is 1.39 bits per heavy atom. The number of carbonyl (C=O) groups is 1. The van der Waals surface area contributed by atoms with Crippen LogP contribution in [-0.2, 0) is 16.1 Å². The number of hydrogen-bond acceptors (Lipinski definition) is 5. The third-order valence-electron chi connectivity index (χ3n) is 2.64. The molecule has 2 rings (SSSR count). The van der Waals surface area contributed by atoms with E-state index in [9.17, 15) is 4.79 Å². The van der Waals surface area contributed by atoms with E-state index < -0.39 is 0 Å². The van der Waals surface area contributed by atoms with Gasteiger partial charge in [0.2, 0.25) is 0 Å². The molecule has 0 saturated heterocycles. The standard InChI is InChI=1S/C13H15N3O2/c1-9(13(17)18-2)14-7-10-8-15-11-5-3-4-6-12(11)16-10/h3-6,8-9,14H,7H2,1-2H3. The lowest BCUT2D eigenvalue weighted by atomic mass is 10.3. The van der Waals surface area contributed by atoms with Crippen LogP contribution in [0.1, 0.15) is 12.6 Å². The lowest BCUT2D eigenvalue weighted by Gasteiger charge is -2.10. The molecule has 2 aromatic rings. The quantitative estimate of drug-likeness (QED) is 0.822. The van der Waals surface area contributed by atoms with E-state index in [0.717, 1.165) is 16.7 Å². The van der Waals surface area contributed by atoms with Gasteiger partial charge in [0.1, 0.15) is 6.04 Å². The van der Waals surface area contributed by atoms with Crippen LogP contribution in [0.2, 0.25) is 0 Å². The first-order chi connectivity index (χ1) is 8.70. The van der Waals surface area contributed by atoms with Crippen molar-refractivity contribution in [1.29, 1.82) is 0 Å². The fraction of sp³-hybridized carbons (Fsp3) is 0.308. The number of hydrogen-bond donors (Lipinski definition) is 1. The molecular weight excluding hydrogens is 230 g/mol. The molecule has 5 heteroatoms. The number of ether oxygens (including phenoxy) is 1. The minimum atomic E-state index is -0.358. The third-order valence-corrected chi connectivity index (χ3v) is 2.64. The zero-order chi connectivity index (χ0) is 13.0. The topological polar surface area (TPSA) is 64.1 Å². The Kier molecular flexibility index (Phi) is 3.84. The first kappa shape index (κ1) is 12.4. The molecule has 0 spiro atoms. The van der Waals surface area contributed by atoms with Crippen molar-refractivity contribution in [3.05, 3.63) is 36.2 Å². The minimum absolute atomic E-state index is 0.288. The molecule has 0 bridgehead atoms. The Hall–Kier alpha value is -2.01. The summed E-state index contributed by atoms with van der Waals surface area (Å²) < 4.78 is 4.63. The predicted octanol–water partition coefficient (Wildman–Crippen LogP) is 1.28. The predicted molar refractivity (Wildman–Crippen MR) is 67.9 cm³/mol. The Morgan fingerprint density at radius 3 is 2.83 bits per heavy atom. The highest BCUT2D eigenvalue weighted by atomic mass is 16.5. The molecule has 1 unspecified atom stereocenters. The second-order valence-corrected chi connectivity index (χ2v) is 3.98. The van der Waals surface area contributed by atoms with E-state index in [0.29, 0.717) is 6.54 Å². The van der Waals surface area contributed by atoms with Crippen LogP contribution in [0.25, 0.3) is 11.0 Å². The molecule has 1 N–H and O–H groups in total. The molecule has 1 aromatic heterocycles. The number of methoxy groups -OCH3 is 1. The van der Waals surface area contributed by atoms with Gasteiger partial charge < -0.3 is 4.74 Å². The molecule has 94 valence electrons. The number of nitrogens with one attached hydrogen (secondary N) is 1. The highest BCUT2D eigenvalue weighted by Gasteiger charge is 2.12. The lowest BCUT2D eigenvalue weighted by Crippen LogP contribution is -2.34. The first-order valence-electron chi connectivity index (χ1n) is 5.72. The van der Waals surface area contributed by atoms with Crippen LogP contribution in [0.4, 0.5) is 0 Å². The number of aromatic nitrogens is 2. The zero-order valence-corrected chi connectivity index (χ0v) is 10.4. The Morgan fingerprint density at radius 2 is 2.11 bits per heavy atom. The monoisotopic (exact) mass is 245 g/mol. The summed E-state index contributed by atoms with van der Waals surface area (Å²) in [5, 5.41) is 3.04. The van der Waals surface area contributed by atoms with E-state index in [1.807, 2.05) is 24.3 Å². The van der Waals surface area contributed by atoms with E-state index in [2.05, 4.69) is 20.0 Å². The van der Waals surface area contributed by atoms with Gasteiger partial charge in [-0.3, -0.25) is 15.1 Å². The highest BCUT2D eigenvalue weighted by molar-refractivity contribution is 5.75. The lowest BCUT2D eigenvalue weighted by molar-refractivity contribution is -0.142. The van der Waals surface area contributed by atoms with Gasteiger partial charge in [-0.15, -0.1) is 0 Å².